The smallest absolute Gasteiger partial charge is 0.224 e. The van der Waals surface area contributed by atoms with E-state index in [4.69, 9.17) is 5.73 Å². The summed E-state index contributed by atoms with van der Waals surface area (Å²) in [6.07, 6.45) is 1.53. The molecule has 0 aromatic heterocycles. The largest absolute Gasteiger partial charge is 0.354 e. The summed E-state index contributed by atoms with van der Waals surface area (Å²) < 4.78 is 25.3. The fourth-order valence-electron chi connectivity index (χ4n) is 2.52. The van der Waals surface area contributed by atoms with Gasteiger partial charge in [0, 0.05) is 19.6 Å². The molecule has 0 bridgehead atoms. The van der Waals surface area contributed by atoms with E-state index in [0.29, 0.717) is 13.1 Å². The van der Waals surface area contributed by atoms with Gasteiger partial charge in [-0.25, -0.2) is 8.42 Å². The number of carbonyl (C=O) groups excluding carboxylic acids is 1. The topological polar surface area (TPSA) is 92.5 Å². The molecule has 2 unspecified atom stereocenters. The zero-order chi connectivity index (χ0) is 11.8. The Morgan fingerprint density at radius 1 is 1.50 bits per heavy atom. The highest BCUT2D eigenvalue weighted by molar-refractivity contribution is 7.89. The average Bonchev–Trinajstić information content (AvgIpc) is 2.60. The van der Waals surface area contributed by atoms with Crippen LogP contribution in [0.1, 0.15) is 12.8 Å². The summed E-state index contributed by atoms with van der Waals surface area (Å²) in [6, 6.07) is -0.196. The maximum absolute atomic E-state index is 11.9. The van der Waals surface area contributed by atoms with Gasteiger partial charge in [-0.05, 0) is 12.8 Å². The Morgan fingerprint density at radius 3 is 2.94 bits per heavy atom. The van der Waals surface area contributed by atoms with Crippen LogP contribution in [0.3, 0.4) is 0 Å². The average molecular weight is 247 g/mol. The predicted molar refractivity (Wildman–Crippen MR) is 59.1 cm³/mol. The molecule has 6 nitrogen and oxygen atoms in total. The molecule has 0 aliphatic carbocycles. The summed E-state index contributed by atoms with van der Waals surface area (Å²) >= 11 is 0. The molecule has 16 heavy (non-hydrogen) atoms. The monoisotopic (exact) mass is 247 g/mol. The number of nitrogens with two attached hydrogens (primary N) is 1. The van der Waals surface area contributed by atoms with E-state index in [9.17, 15) is 13.2 Å². The molecule has 1 amide bonds. The second kappa shape index (κ2) is 4.31. The molecule has 0 aromatic carbocycles. The third-order valence-electron chi connectivity index (χ3n) is 3.28. The van der Waals surface area contributed by atoms with Crippen LogP contribution in [0.15, 0.2) is 0 Å². The van der Waals surface area contributed by atoms with Crippen LogP contribution in [0.4, 0.5) is 0 Å². The molecule has 2 fully saturated rings. The number of amides is 1. The van der Waals surface area contributed by atoms with Crippen molar-refractivity contribution in [2.45, 2.75) is 18.9 Å². The molecule has 0 saturated carbocycles. The van der Waals surface area contributed by atoms with Gasteiger partial charge in [0.15, 0.2) is 0 Å². The Labute approximate surface area is 95.2 Å². The lowest BCUT2D eigenvalue weighted by Gasteiger charge is -2.34. The van der Waals surface area contributed by atoms with E-state index in [-0.39, 0.29) is 30.2 Å². The van der Waals surface area contributed by atoms with Crippen molar-refractivity contribution in [3.05, 3.63) is 0 Å². The van der Waals surface area contributed by atoms with Gasteiger partial charge >= 0.3 is 0 Å². The molecule has 3 N–H and O–H groups in total. The van der Waals surface area contributed by atoms with E-state index >= 15 is 0 Å². The molecule has 2 saturated heterocycles. The summed E-state index contributed by atoms with van der Waals surface area (Å²) in [4.78, 5) is 11.5. The Balaban J connectivity index is 2.19. The molecule has 7 heteroatoms. The quantitative estimate of drug-likeness (QED) is 0.634. The number of sulfonamides is 1. The van der Waals surface area contributed by atoms with Crippen molar-refractivity contribution < 1.29 is 13.2 Å². The van der Waals surface area contributed by atoms with E-state index in [0.717, 1.165) is 12.8 Å². The number of nitrogens with one attached hydrogen (secondary N) is 1. The van der Waals surface area contributed by atoms with Crippen molar-refractivity contribution in [2.24, 2.45) is 11.7 Å². The van der Waals surface area contributed by atoms with E-state index in [1.54, 1.807) is 0 Å². The van der Waals surface area contributed by atoms with Crippen molar-refractivity contribution in [2.75, 3.05) is 25.4 Å². The first kappa shape index (κ1) is 11.8. The van der Waals surface area contributed by atoms with Gasteiger partial charge in [0.25, 0.3) is 0 Å². The molecular formula is C9H17N3O3S. The van der Waals surface area contributed by atoms with Gasteiger partial charge in [-0.3, -0.25) is 4.79 Å². The molecule has 92 valence electrons. The highest BCUT2D eigenvalue weighted by Crippen LogP contribution is 2.29. The van der Waals surface area contributed by atoms with Crippen molar-refractivity contribution in [3.8, 4) is 0 Å². The van der Waals surface area contributed by atoms with Crippen LogP contribution in [-0.4, -0.2) is 50.1 Å². The van der Waals surface area contributed by atoms with E-state index < -0.39 is 10.0 Å². The highest BCUT2D eigenvalue weighted by Gasteiger charge is 2.44. The number of fused-ring (bicyclic) bond motifs is 1. The molecular weight excluding hydrogens is 230 g/mol. The lowest BCUT2D eigenvalue weighted by Crippen LogP contribution is -2.50. The Morgan fingerprint density at radius 2 is 2.25 bits per heavy atom. The third-order valence-corrected chi connectivity index (χ3v) is 5.20. The summed E-state index contributed by atoms with van der Waals surface area (Å²) in [5.41, 5.74) is 5.30. The number of rotatable bonds is 3. The Kier molecular flexibility index (Phi) is 3.18. The van der Waals surface area contributed by atoms with Crippen LogP contribution in [0, 0.1) is 5.92 Å². The summed E-state index contributed by atoms with van der Waals surface area (Å²) in [7, 11) is -3.29. The first-order valence-corrected chi connectivity index (χ1v) is 7.14. The molecule has 2 atom stereocenters. The van der Waals surface area contributed by atoms with Crippen LogP contribution in [0.2, 0.25) is 0 Å². The lowest BCUT2D eigenvalue weighted by atomic mass is 9.93. The van der Waals surface area contributed by atoms with Gasteiger partial charge in [-0.1, -0.05) is 0 Å². The second-order valence-corrected chi connectivity index (χ2v) is 6.32. The standard InChI is InChI=1S/C9H17N3O3S/c10-3-5-16(14,15)12-4-1-2-7-8(12)6-11-9(7)13/h7-8H,1-6,10H2,(H,11,13). The van der Waals surface area contributed by atoms with Crippen molar-refractivity contribution in [1.29, 1.82) is 0 Å². The maximum atomic E-state index is 11.9. The molecule has 2 rings (SSSR count). The molecule has 2 heterocycles. The van der Waals surface area contributed by atoms with Gasteiger partial charge < -0.3 is 11.1 Å². The number of piperidine rings is 1. The number of carbonyl (C=O) groups is 1. The Hall–Kier alpha value is -0.660. The maximum Gasteiger partial charge on any atom is 0.224 e. The summed E-state index contributed by atoms with van der Waals surface area (Å²) in [5.74, 6) is -0.219. The number of hydrogen-bond acceptors (Lipinski definition) is 4. The molecule has 0 aromatic rings. The third kappa shape index (κ3) is 1.94. The van der Waals surface area contributed by atoms with Crippen molar-refractivity contribution in [1.82, 2.24) is 9.62 Å². The second-order valence-electron chi connectivity index (χ2n) is 4.28. The van der Waals surface area contributed by atoms with Crippen LogP contribution in [0.5, 0.6) is 0 Å². The highest BCUT2D eigenvalue weighted by atomic mass is 32.2. The fraction of sp³-hybridized carbons (Fsp3) is 0.889. The van der Waals surface area contributed by atoms with Gasteiger partial charge in [-0.15, -0.1) is 0 Å². The van der Waals surface area contributed by atoms with Crippen molar-refractivity contribution >= 4 is 15.9 Å². The molecule has 2 aliphatic heterocycles. The fourth-order valence-corrected chi connectivity index (χ4v) is 4.10. The van der Waals surface area contributed by atoms with E-state index in [1.807, 2.05) is 0 Å². The zero-order valence-corrected chi connectivity index (χ0v) is 9.87. The number of nitrogens with zero attached hydrogens (tertiary/aromatic N) is 1. The van der Waals surface area contributed by atoms with E-state index in [1.165, 1.54) is 4.31 Å². The molecule has 0 radical (unpaired) electrons. The predicted octanol–water partition coefficient (Wildman–Crippen LogP) is -1.51. The minimum atomic E-state index is -3.29. The first-order valence-electron chi connectivity index (χ1n) is 5.53. The van der Waals surface area contributed by atoms with Gasteiger partial charge in [0.05, 0.1) is 17.7 Å². The summed E-state index contributed by atoms with van der Waals surface area (Å²) in [5, 5.41) is 2.73. The van der Waals surface area contributed by atoms with Gasteiger partial charge in [0.1, 0.15) is 0 Å². The van der Waals surface area contributed by atoms with Gasteiger partial charge in [-0.2, -0.15) is 4.31 Å². The molecule has 2 aliphatic rings. The molecule has 0 spiro atoms. The minimum absolute atomic E-state index is 0.0161. The lowest BCUT2D eigenvalue weighted by molar-refractivity contribution is -0.123. The van der Waals surface area contributed by atoms with Crippen LogP contribution in [-0.2, 0) is 14.8 Å². The zero-order valence-electron chi connectivity index (χ0n) is 9.05. The number of hydrogen-bond donors (Lipinski definition) is 2. The van der Waals surface area contributed by atoms with Crippen LogP contribution in [0.25, 0.3) is 0 Å². The first-order chi connectivity index (χ1) is 7.56. The minimum Gasteiger partial charge on any atom is -0.354 e. The normalized spacial score (nSPS) is 31.2. The Bertz CT molecular complexity index is 381. The van der Waals surface area contributed by atoms with Crippen molar-refractivity contribution in [3.63, 3.8) is 0 Å². The summed E-state index contributed by atoms with van der Waals surface area (Å²) in [6.45, 7) is 1.07. The van der Waals surface area contributed by atoms with Crippen LogP contribution >= 0.6 is 0 Å². The van der Waals surface area contributed by atoms with E-state index in [2.05, 4.69) is 5.32 Å². The SMILES string of the molecule is NCCS(=O)(=O)N1CCCC2C(=O)NCC21. The van der Waals surface area contributed by atoms with Crippen LogP contribution < -0.4 is 11.1 Å². The van der Waals surface area contributed by atoms with Gasteiger partial charge in [0.2, 0.25) is 15.9 Å².